The zero-order valence-corrected chi connectivity index (χ0v) is 10.3. The van der Waals surface area contributed by atoms with E-state index in [0.29, 0.717) is 22.8 Å². The van der Waals surface area contributed by atoms with Gasteiger partial charge >= 0.3 is 0 Å². The summed E-state index contributed by atoms with van der Waals surface area (Å²) < 4.78 is 0. The maximum Gasteiger partial charge on any atom is 0.274 e. The number of aromatic amines is 1. The van der Waals surface area contributed by atoms with Crippen LogP contribution in [0.2, 0.25) is 0 Å². The molecule has 0 aliphatic heterocycles. The average Bonchev–Trinajstić information content (AvgIpc) is 2.97. The van der Waals surface area contributed by atoms with E-state index in [2.05, 4.69) is 30.5 Å². The fraction of sp³-hybridized carbons (Fsp3) is 0. The number of carbonyl (C=O) groups excluding carboxylic acids is 1. The van der Waals surface area contributed by atoms with Crippen LogP contribution in [-0.2, 0) is 0 Å². The lowest BCUT2D eigenvalue weighted by molar-refractivity contribution is 0.102. The maximum atomic E-state index is 12.0. The number of aromatic nitrogens is 5. The molecule has 0 bridgehead atoms. The molecule has 0 spiro atoms. The summed E-state index contributed by atoms with van der Waals surface area (Å²) in [6, 6.07) is 5.14. The molecule has 0 atom stereocenters. The third-order valence-corrected chi connectivity index (χ3v) is 2.60. The number of pyridine rings is 1. The van der Waals surface area contributed by atoms with Crippen molar-refractivity contribution in [3.63, 3.8) is 0 Å². The summed E-state index contributed by atoms with van der Waals surface area (Å²) in [6.07, 6.45) is 7.81. The second-order valence-corrected chi connectivity index (χ2v) is 3.92. The molecule has 0 aliphatic carbocycles. The Morgan fingerprint density at radius 2 is 2.05 bits per heavy atom. The van der Waals surface area contributed by atoms with Crippen molar-refractivity contribution in [3.05, 3.63) is 54.9 Å². The molecule has 7 heteroatoms. The van der Waals surface area contributed by atoms with Gasteiger partial charge in [0, 0.05) is 18.6 Å². The fourth-order valence-electron chi connectivity index (χ4n) is 1.69. The van der Waals surface area contributed by atoms with Gasteiger partial charge in [0.15, 0.2) is 0 Å². The first kappa shape index (κ1) is 12.0. The SMILES string of the molecule is O=C(Nc1cn[nH]c1-c1cnccn1)c1ccccn1. The fourth-order valence-corrected chi connectivity index (χ4v) is 1.69. The van der Waals surface area contributed by atoms with E-state index in [-0.39, 0.29) is 5.91 Å². The van der Waals surface area contributed by atoms with E-state index in [1.807, 2.05) is 0 Å². The molecule has 3 aromatic heterocycles. The van der Waals surface area contributed by atoms with Gasteiger partial charge in [-0.2, -0.15) is 5.10 Å². The second kappa shape index (κ2) is 5.27. The molecule has 0 saturated heterocycles. The largest absolute Gasteiger partial charge is 0.317 e. The quantitative estimate of drug-likeness (QED) is 0.749. The van der Waals surface area contributed by atoms with Crippen LogP contribution in [0.25, 0.3) is 11.4 Å². The average molecular weight is 266 g/mol. The highest BCUT2D eigenvalue weighted by Crippen LogP contribution is 2.22. The van der Waals surface area contributed by atoms with Crippen LogP contribution in [0.15, 0.2) is 49.2 Å². The molecule has 3 rings (SSSR count). The van der Waals surface area contributed by atoms with Gasteiger partial charge in [-0.15, -0.1) is 0 Å². The Morgan fingerprint density at radius 1 is 1.10 bits per heavy atom. The summed E-state index contributed by atoms with van der Waals surface area (Å²) in [5.74, 6) is -0.308. The molecule has 3 aromatic rings. The number of hydrogen-bond acceptors (Lipinski definition) is 5. The lowest BCUT2D eigenvalue weighted by atomic mass is 10.2. The highest BCUT2D eigenvalue weighted by Gasteiger charge is 2.13. The number of H-pyrrole nitrogens is 1. The monoisotopic (exact) mass is 266 g/mol. The highest BCUT2D eigenvalue weighted by molar-refractivity contribution is 6.04. The predicted molar refractivity (Wildman–Crippen MR) is 71.8 cm³/mol. The van der Waals surface area contributed by atoms with Crippen molar-refractivity contribution in [1.29, 1.82) is 0 Å². The number of amides is 1. The van der Waals surface area contributed by atoms with E-state index in [0.717, 1.165) is 0 Å². The van der Waals surface area contributed by atoms with Gasteiger partial charge in [-0.1, -0.05) is 6.07 Å². The first-order valence-electron chi connectivity index (χ1n) is 5.87. The topological polar surface area (TPSA) is 96.5 Å². The number of nitrogens with zero attached hydrogens (tertiary/aromatic N) is 4. The number of anilines is 1. The first-order chi connectivity index (χ1) is 9.84. The lowest BCUT2D eigenvalue weighted by Crippen LogP contribution is -2.13. The minimum atomic E-state index is -0.308. The van der Waals surface area contributed by atoms with Crippen LogP contribution < -0.4 is 5.32 Å². The molecule has 2 N–H and O–H groups in total. The molecular weight excluding hydrogens is 256 g/mol. The van der Waals surface area contributed by atoms with Crippen molar-refractivity contribution in [2.75, 3.05) is 5.32 Å². The highest BCUT2D eigenvalue weighted by atomic mass is 16.1. The molecule has 98 valence electrons. The van der Waals surface area contributed by atoms with Gasteiger partial charge in [-0.25, -0.2) is 0 Å². The lowest BCUT2D eigenvalue weighted by Gasteiger charge is -2.04. The standard InChI is InChI=1S/C13H10N6O/c20-13(9-3-1-2-4-15-9)18-11-8-17-19-12(11)10-7-14-5-6-16-10/h1-8H,(H,17,19)(H,18,20). The van der Waals surface area contributed by atoms with Gasteiger partial charge in [0.2, 0.25) is 0 Å². The van der Waals surface area contributed by atoms with Crippen molar-refractivity contribution >= 4 is 11.6 Å². The van der Waals surface area contributed by atoms with E-state index in [1.165, 1.54) is 6.20 Å². The molecule has 0 aliphatic rings. The van der Waals surface area contributed by atoms with Crippen molar-refractivity contribution in [2.45, 2.75) is 0 Å². The minimum Gasteiger partial charge on any atom is -0.317 e. The van der Waals surface area contributed by atoms with Crippen LogP contribution in [0, 0.1) is 0 Å². The molecule has 7 nitrogen and oxygen atoms in total. The van der Waals surface area contributed by atoms with Gasteiger partial charge in [0.1, 0.15) is 17.1 Å². The predicted octanol–water partition coefficient (Wildman–Crippen LogP) is 1.51. The summed E-state index contributed by atoms with van der Waals surface area (Å²) in [4.78, 5) is 24.2. The van der Waals surface area contributed by atoms with Crippen LogP contribution in [0.1, 0.15) is 10.5 Å². The third kappa shape index (κ3) is 2.37. The van der Waals surface area contributed by atoms with Crippen LogP contribution in [0.4, 0.5) is 5.69 Å². The Hall–Kier alpha value is -3.09. The van der Waals surface area contributed by atoms with E-state index in [1.54, 1.807) is 43.0 Å². The molecule has 0 fully saturated rings. The summed E-state index contributed by atoms with van der Waals surface area (Å²) >= 11 is 0. The summed E-state index contributed by atoms with van der Waals surface area (Å²) in [6.45, 7) is 0. The van der Waals surface area contributed by atoms with Crippen molar-refractivity contribution in [1.82, 2.24) is 25.1 Å². The number of nitrogens with one attached hydrogen (secondary N) is 2. The Balaban J connectivity index is 1.86. The van der Waals surface area contributed by atoms with Gasteiger partial charge in [0.25, 0.3) is 5.91 Å². The molecule has 1 amide bonds. The van der Waals surface area contributed by atoms with Gasteiger partial charge in [-0.3, -0.25) is 24.8 Å². The molecule has 3 heterocycles. The van der Waals surface area contributed by atoms with Crippen molar-refractivity contribution in [3.8, 4) is 11.4 Å². The number of rotatable bonds is 3. The smallest absolute Gasteiger partial charge is 0.274 e. The minimum absolute atomic E-state index is 0.308. The normalized spacial score (nSPS) is 10.2. The van der Waals surface area contributed by atoms with Gasteiger partial charge in [-0.05, 0) is 12.1 Å². The van der Waals surface area contributed by atoms with Crippen LogP contribution >= 0.6 is 0 Å². The van der Waals surface area contributed by atoms with E-state index < -0.39 is 0 Å². The molecule has 0 aromatic carbocycles. The molecule has 0 unspecified atom stereocenters. The van der Waals surface area contributed by atoms with Crippen molar-refractivity contribution in [2.24, 2.45) is 0 Å². The molecule has 0 saturated carbocycles. The molecule has 20 heavy (non-hydrogen) atoms. The van der Waals surface area contributed by atoms with Crippen LogP contribution in [0.5, 0.6) is 0 Å². The van der Waals surface area contributed by atoms with Crippen molar-refractivity contribution < 1.29 is 4.79 Å². The summed E-state index contributed by atoms with van der Waals surface area (Å²) in [5, 5.41) is 9.45. The Bertz CT molecular complexity index is 710. The molecule has 0 radical (unpaired) electrons. The first-order valence-corrected chi connectivity index (χ1v) is 5.87. The van der Waals surface area contributed by atoms with E-state index >= 15 is 0 Å². The van der Waals surface area contributed by atoms with Crippen LogP contribution in [0.3, 0.4) is 0 Å². The van der Waals surface area contributed by atoms with Crippen LogP contribution in [-0.4, -0.2) is 31.1 Å². The number of carbonyl (C=O) groups is 1. The zero-order valence-electron chi connectivity index (χ0n) is 10.3. The summed E-state index contributed by atoms with van der Waals surface area (Å²) in [7, 11) is 0. The third-order valence-electron chi connectivity index (χ3n) is 2.60. The zero-order chi connectivity index (χ0) is 13.8. The second-order valence-electron chi connectivity index (χ2n) is 3.92. The maximum absolute atomic E-state index is 12.0. The van der Waals surface area contributed by atoms with E-state index in [9.17, 15) is 4.79 Å². The summed E-state index contributed by atoms with van der Waals surface area (Å²) in [5.41, 5.74) is 2.06. The number of hydrogen-bond donors (Lipinski definition) is 2. The Morgan fingerprint density at radius 3 is 2.80 bits per heavy atom. The Labute approximate surface area is 114 Å². The molecular formula is C13H10N6O. The van der Waals surface area contributed by atoms with Gasteiger partial charge < -0.3 is 5.32 Å². The Kier molecular flexibility index (Phi) is 3.15. The van der Waals surface area contributed by atoms with E-state index in [4.69, 9.17) is 0 Å². The van der Waals surface area contributed by atoms with Gasteiger partial charge in [0.05, 0.1) is 18.1 Å².